The fourth-order valence-corrected chi connectivity index (χ4v) is 0.770. The second-order valence-corrected chi connectivity index (χ2v) is 2.63. The highest BCUT2D eigenvalue weighted by Crippen LogP contribution is 1.90. The molecule has 0 bridgehead atoms. The van der Waals surface area contributed by atoms with Gasteiger partial charge in [-0.25, -0.2) is 0 Å². The van der Waals surface area contributed by atoms with Crippen molar-refractivity contribution in [1.29, 1.82) is 0 Å². The number of hydrogen-bond acceptors (Lipinski definition) is 3. The number of terminal acetylenes is 1. The minimum atomic E-state index is 0.0710. The number of aryl methyl sites for hydroxylation is 1. The zero-order chi connectivity index (χ0) is 8.97. The minimum absolute atomic E-state index is 0.0710. The number of rotatable bonds is 3. The first-order chi connectivity index (χ1) is 5.74. The Kier molecular flexibility index (Phi) is 2.83. The molecule has 4 heteroatoms. The molecule has 0 radical (unpaired) electrons. The van der Waals surface area contributed by atoms with Crippen molar-refractivity contribution in [3.63, 3.8) is 0 Å². The summed E-state index contributed by atoms with van der Waals surface area (Å²) in [6, 6.07) is 0.0710. The maximum atomic E-state index is 5.19. The average molecular weight is 164 g/mol. The standard InChI is InChI=1S/C8H12N4/c1-4-7(2)9-5-8-11-10-6-12(8)3/h1,6-7,9H,5H2,2-3H3. The van der Waals surface area contributed by atoms with Crippen molar-refractivity contribution in [3.8, 4) is 12.3 Å². The summed E-state index contributed by atoms with van der Waals surface area (Å²) in [4.78, 5) is 0. The zero-order valence-electron chi connectivity index (χ0n) is 7.28. The molecule has 0 saturated heterocycles. The maximum Gasteiger partial charge on any atom is 0.146 e. The Labute approximate surface area is 72.0 Å². The second-order valence-electron chi connectivity index (χ2n) is 2.63. The van der Waals surface area contributed by atoms with Crippen LogP contribution in [0.1, 0.15) is 12.7 Å². The van der Waals surface area contributed by atoms with Crippen molar-refractivity contribution < 1.29 is 0 Å². The Morgan fingerprint density at radius 1 is 1.83 bits per heavy atom. The van der Waals surface area contributed by atoms with Gasteiger partial charge in [-0.15, -0.1) is 16.6 Å². The van der Waals surface area contributed by atoms with Crippen LogP contribution in [0.15, 0.2) is 6.33 Å². The molecule has 0 aliphatic carbocycles. The lowest BCUT2D eigenvalue weighted by Crippen LogP contribution is -2.25. The van der Waals surface area contributed by atoms with Gasteiger partial charge in [0, 0.05) is 7.05 Å². The lowest BCUT2D eigenvalue weighted by Gasteiger charge is -2.05. The summed E-state index contributed by atoms with van der Waals surface area (Å²) in [6.07, 6.45) is 6.86. The van der Waals surface area contributed by atoms with E-state index in [0.29, 0.717) is 6.54 Å². The first-order valence-electron chi connectivity index (χ1n) is 3.76. The first kappa shape index (κ1) is 8.75. The van der Waals surface area contributed by atoms with Gasteiger partial charge in [0.05, 0.1) is 12.6 Å². The molecule has 0 aliphatic rings. The summed E-state index contributed by atoms with van der Waals surface area (Å²) in [6.45, 7) is 2.58. The molecular weight excluding hydrogens is 152 g/mol. The van der Waals surface area contributed by atoms with E-state index < -0.39 is 0 Å². The topological polar surface area (TPSA) is 42.7 Å². The number of aromatic nitrogens is 3. The Balaban J connectivity index is 2.44. The van der Waals surface area contributed by atoms with Crippen LogP contribution in [0.3, 0.4) is 0 Å². The molecule has 0 spiro atoms. The van der Waals surface area contributed by atoms with E-state index in [2.05, 4.69) is 21.4 Å². The van der Waals surface area contributed by atoms with E-state index in [1.165, 1.54) is 0 Å². The Morgan fingerprint density at radius 3 is 3.08 bits per heavy atom. The summed E-state index contributed by atoms with van der Waals surface area (Å²) in [5, 5.41) is 10.8. The van der Waals surface area contributed by atoms with Crippen molar-refractivity contribution in [2.24, 2.45) is 7.05 Å². The predicted molar refractivity (Wildman–Crippen MR) is 46.1 cm³/mol. The molecular formula is C8H12N4. The van der Waals surface area contributed by atoms with Crippen LogP contribution in [0.4, 0.5) is 0 Å². The third-order valence-corrected chi connectivity index (χ3v) is 1.62. The Bertz CT molecular complexity index is 283. The highest BCUT2D eigenvalue weighted by Gasteiger charge is 2.01. The lowest BCUT2D eigenvalue weighted by molar-refractivity contribution is 0.606. The van der Waals surface area contributed by atoms with Crippen molar-refractivity contribution in [2.45, 2.75) is 19.5 Å². The molecule has 1 aromatic heterocycles. The van der Waals surface area contributed by atoms with Gasteiger partial charge in [0.15, 0.2) is 0 Å². The van der Waals surface area contributed by atoms with Gasteiger partial charge < -0.3 is 4.57 Å². The van der Waals surface area contributed by atoms with Gasteiger partial charge in [-0.1, -0.05) is 5.92 Å². The van der Waals surface area contributed by atoms with Crippen LogP contribution in [-0.2, 0) is 13.6 Å². The van der Waals surface area contributed by atoms with Gasteiger partial charge in [-0.2, -0.15) is 0 Å². The molecule has 1 atom stereocenters. The summed E-state index contributed by atoms with van der Waals surface area (Å²) in [7, 11) is 1.90. The van der Waals surface area contributed by atoms with E-state index in [4.69, 9.17) is 6.42 Å². The van der Waals surface area contributed by atoms with E-state index in [1.54, 1.807) is 6.33 Å². The number of nitrogens with zero attached hydrogens (tertiary/aromatic N) is 3. The highest BCUT2D eigenvalue weighted by atomic mass is 15.3. The summed E-state index contributed by atoms with van der Waals surface area (Å²) in [5.74, 6) is 3.46. The highest BCUT2D eigenvalue weighted by molar-refractivity contribution is 4.97. The summed E-state index contributed by atoms with van der Waals surface area (Å²) >= 11 is 0. The Morgan fingerprint density at radius 2 is 2.58 bits per heavy atom. The third kappa shape index (κ3) is 2.07. The van der Waals surface area contributed by atoms with Gasteiger partial charge in [-0.3, -0.25) is 5.32 Å². The maximum absolute atomic E-state index is 5.19. The van der Waals surface area contributed by atoms with E-state index in [-0.39, 0.29) is 6.04 Å². The van der Waals surface area contributed by atoms with Crippen molar-refractivity contribution in [3.05, 3.63) is 12.2 Å². The molecule has 1 rings (SSSR count). The van der Waals surface area contributed by atoms with Gasteiger partial charge in [0.1, 0.15) is 12.2 Å². The average Bonchev–Trinajstić information content (AvgIpc) is 2.47. The molecule has 1 N–H and O–H groups in total. The molecule has 4 nitrogen and oxygen atoms in total. The van der Waals surface area contributed by atoms with Crippen molar-refractivity contribution in [1.82, 2.24) is 20.1 Å². The van der Waals surface area contributed by atoms with Gasteiger partial charge >= 0.3 is 0 Å². The fourth-order valence-electron chi connectivity index (χ4n) is 0.770. The molecule has 0 saturated carbocycles. The normalized spacial score (nSPS) is 12.4. The minimum Gasteiger partial charge on any atom is -0.320 e. The summed E-state index contributed by atoms with van der Waals surface area (Å²) < 4.78 is 1.86. The van der Waals surface area contributed by atoms with Crippen LogP contribution < -0.4 is 5.32 Å². The number of nitrogens with one attached hydrogen (secondary N) is 1. The van der Waals surface area contributed by atoms with Crippen molar-refractivity contribution in [2.75, 3.05) is 0 Å². The third-order valence-electron chi connectivity index (χ3n) is 1.62. The molecule has 1 aromatic rings. The predicted octanol–water partition coefficient (Wildman–Crippen LogP) is -0.0736. The molecule has 1 unspecified atom stereocenters. The van der Waals surface area contributed by atoms with Crippen LogP contribution in [0.2, 0.25) is 0 Å². The fraction of sp³-hybridized carbons (Fsp3) is 0.500. The molecule has 12 heavy (non-hydrogen) atoms. The van der Waals surface area contributed by atoms with Crippen LogP contribution >= 0.6 is 0 Å². The molecule has 64 valence electrons. The molecule has 0 aromatic carbocycles. The van der Waals surface area contributed by atoms with Crippen molar-refractivity contribution >= 4 is 0 Å². The van der Waals surface area contributed by atoms with Gasteiger partial charge in [-0.05, 0) is 6.92 Å². The zero-order valence-corrected chi connectivity index (χ0v) is 7.28. The monoisotopic (exact) mass is 164 g/mol. The molecule has 0 aliphatic heterocycles. The quantitative estimate of drug-likeness (QED) is 0.636. The first-order valence-corrected chi connectivity index (χ1v) is 3.76. The smallest absolute Gasteiger partial charge is 0.146 e. The van der Waals surface area contributed by atoms with E-state index >= 15 is 0 Å². The molecule has 1 heterocycles. The van der Waals surface area contributed by atoms with Crippen LogP contribution in [-0.4, -0.2) is 20.8 Å². The second kappa shape index (κ2) is 3.88. The van der Waals surface area contributed by atoms with Crippen LogP contribution in [0, 0.1) is 12.3 Å². The van der Waals surface area contributed by atoms with Crippen LogP contribution in [0.25, 0.3) is 0 Å². The van der Waals surface area contributed by atoms with E-state index in [1.807, 2.05) is 18.5 Å². The summed E-state index contributed by atoms with van der Waals surface area (Å²) in [5.41, 5.74) is 0. The molecule has 0 fully saturated rings. The van der Waals surface area contributed by atoms with Gasteiger partial charge in [0.2, 0.25) is 0 Å². The van der Waals surface area contributed by atoms with Crippen LogP contribution in [0.5, 0.6) is 0 Å². The SMILES string of the molecule is C#CC(C)NCc1nncn1C. The van der Waals surface area contributed by atoms with Gasteiger partial charge in [0.25, 0.3) is 0 Å². The largest absolute Gasteiger partial charge is 0.320 e. The van der Waals surface area contributed by atoms with E-state index in [9.17, 15) is 0 Å². The lowest BCUT2D eigenvalue weighted by atomic mass is 10.3. The van der Waals surface area contributed by atoms with E-state index in [0.717, 1.165) is 5.82 Å². The molecule has 0 amide bonds. The number of hydrogen-bond donors (Lipinski definition) is 1. The Hall–Kier alpha value is -1.34.